The summed E-state index contributed by atoms with van der Waals surface area (Å²) in [7, 11) is 0. The number of ketones is 1. The first kappa shape index (κ1) is 10.3. The Kier molecular flexibility index (Phi) is 2.43. The highest BCUT2D eigenvalue weighted by Crippen LogP contribution is 2.12. The van der Waals surface area contributed by atoms with Gasteiger partial charge in [0.25, 0.3) is 0 Å². The van der Waals surface area contributed by atoms with Gasteiger partial charge in [0.15, 0.2) is 5.82 Å². The number of rotatable bonds is 2. The van der Waals surface area contributed by atoms with E-state index in [0.29, 0.717) is 6.07 Å². The lowest BCUT2D eigenvalue weighted by Crippen LogP contribution is -2.03. The van der Waals surface area contributed by atoms with Crippen LogP contribution < -0.4 is 0 Å². The van der Waals surface area contributed by atoms with Gasteiger partial charge in [0.2, 0.25) is 11.6 Å². The van der Waals surface area contributed by atoms with Crippen LogP contribution in [0, 0.1) is 11.6 Å². The number of hydrogen-bond acceptors (Lipinski definition) is 4. The van der Waals surface area contributed by atoms with E-state index in [9.17, 15) is 13.6 Å². The first-order valence-electron chi connectivity index (χ1n) is 4.34. The summed E-state index contributed by atoms with van der Waals surface area (Å²) in [5, 5.41) is 10.6. The Bertz CT molecular complexity index is 552. The SMILES string of the molecule is CC(=O)c1nnn(-c2ccc(F)cc2F)n1. The first-order valence-corrected chi connectivity index (χ1v) is 4.34. The fraction of sp³-hybridized carbons (Fsp3) is 0.111. The Balaban J connectivity index is 2.46. The molecule has 1 heterocycles. The van der Waals surface area contributed by atoms with E-state index in [2.05, 4.69) is 15.4 Å². The number of halogens is 2. The van der Waals surface area contributed by atoms with E-state index in [1.54, 1.807) is 0 Å². The van der Waals surface area contributed by atoms with E-state index >= 15 is 0 Å². The maximum Gasteiger partial charge on any atom is 0.240 e. The number of nitrogens with zero attached hydrogens (tertiary/aromatic N) is 4. The Labute approximate surface area is 88.7 Å². The van der Waals surface area contributed by atoms with Crippen molar-refractivity contribution in [2.75, 3.05) is 0 Å². The van der Waals surface area contributed by atoms with Crippen LogP contribution >= 0.6 is 0 Å². The quantitative estimate of drug-likeness (QED) is 0.718. The molecule has 0 N–H and O–H groups in total. The molecule has 0 amide bonds. The summed E-state index contributed by atoms with van der Waals surface area (Å²) >= 11 is 0. The second-order valence-corrected chi connectivity index (χ2v) is 3.05. The molecule has 0 atom stereocenters. The molecule has 7 heteroatoms. The van der Waals surface area contributed by atoms with Gasteiger partial charge >= 0.3 is 0 Å². The molecular weight excluding hydrogens is 218 g/mol. The normalized spacial score (nSPS) is 10.4. The van der Waals surface area contributed by atoms with Gasteiger partial charge in [-0.15, -0.1) is 15.0 Å². The van der Waals surface area contributed by atoms with Gasteiger partial charge in [0.1, 0.15) is 11.5 Å². The van der Waals surface area contributed by atoms with Gasteiger partial charge in [0, 0.05) is 13.0 Å². The third-order valence-corrected chi connectivity index (χ3v) is 1.85. The second-order valence-electron chi connectivity index (χ2n) is 3.05. The van der Waals surface area contributed by atoms with Crippen LogP contribution in [0.1, 0.15) is 17.5 Å². The monoisotopic (exact) mass is 224 g/mol. The highest BCUT2D eigenvalue weighted by Gasteiger charge is 2.12. The van der Waals surface area contributed by atoms with Gasteiger partial charge in [-0.1, -0.05) is 0 Å². The maximum atomic E-state index is 13.3. The zero-order valence-electron chi connectivity index (χ0n) is 8.19. The van der Waals surface area contributed by atoms with Gasteiger partial charge in [0.05, 0.1) is 0 Å². The molecule has 0 saturated carbocycles. The topological polar surface area (TPSA) is 60.7 Å². The smallest absolute Gasteiger partial charge is 0.240 e. The van der Waals surface area contributed by atoms with Gasteiger partial charge in [-0.2, -0.15) is 0 Å². The third-order valence-electron chi connectivity index (χ3n) is 1.85. The summed E-state index contributed by atoms with van der Waals surface area (Å²) in [5.41, 5.74) is -0.0681. The van der Waals surface area contributed by atoms with Gasteiger partial charge in [-0.3, -0.25) is 4.79 Å². The first-order chi connectivity index (χ1) is 7.58. The van der Waals surface area contributed by atoms with Crippen LogP contribution in [-0.4, -0.2) is 26.0 Å². The molecule has 0 aliphatic rings. The van der Waals surface area contributed by atoms with Crippen molar-refractivity contribution < 1.29 is 13.6 Å². The predicted molar refractivity (Wildman–Crippen MR) is 49.1 cm³/mol. The van der Waals surface area contributed by atoms with Gasteiger partial charge < -0.3 is 0 Å². The van der Waals surface area contributed by atoms with Crippen LogP contribution in [-0.2, 0) is 0 Å². The minimum absolute atomic E-state index is 0.0681. The van der Waals surface area contributed by atoms with E-state index in [0.717, 1.165) is 16.9 Å². The number of carbonyl (C=O) groups is 1. The highest BCUT2D eigenvalue weighted by molar-refractivity contribution is 5.89. The molecule has 0 bridgehead atoms. The van der Waals surface area contributed by atoms with Crippen LogP contribution in [0.15, 0.2) is 18.2 Å². The fourth-order valence-electron chi connectivity index (χ4n) is 1.10. The van der Waals surface area contributed by atoms with E-state index in [1.165, 1.54) is 6.92 Å². The Morgan fingerprint density at radius 1 is 1.38 bits per heavy atom. The Morgan fingerprint density at radius 3 is 2.69 bits per heavy atom. The van der Waals surface area contributed by atoms with Crippen molar-refractivity contribution in [2.24, 2.45) is 0 Å². The fourth-order valence-corrected chi connectivity index (χ4v) is 1.10. The molecule has 2 aromatic rings. The van der Waals surface area contributed by atoms with Crippen LogP contribution in [0.2, 0.25) is 0 Å². The highest BCUT2D eigenvalue weighted by atomic mass is 19.1. The standard InChI is InChI=1S/C9H6F2N4O/c1-5(16)9-12-14-15(13-9)8-3-2-6(10)4-7(8)11/h2-4H,1H3. The molecule has 16 heavy (non-hydrogen) atoms. The summed E-state index contributed by atoms with van der Waals surface area (Å²) in [4.78, 5) is 11.7. The number of tetrazole rings is 1. The minimum atomic E-state index is -0.826. The lowest BCUT2D eigenvalue weighted by atomic mass is 10.3. The largest absolute Gasteiger partial charge is 0.291 e. The Morgan fingerprint density at radius 2 is 2.12 bits per heavy atom. The summed E-state index contributed by atoms with van der Waals surface area (Å²) in [6, 6.07) is 2.93. The Hall–Kier alpha value is -2.18. The van der Waals surface area contributed by atoms with Crippen molar-refractivity contribution in [3.63, 3.8) is 0 Å². The van der Waals surface area contributed by atoms with Crippen LogP contribution in [0.25, 0.3) is 5.69 Å². The lowest BCUT2D eigenvalue weighted by Gasteiger charge is -1.99. The maximum absolute atomic E-state index is 13.3. The van der Waals surface area contributed by atoms with Crippen molar-refractivity contribution in [2.45, 2.75) is 6.92 Å². The van der Waals surface area contributed by atoms with E-state index < -0.39 is 11.6 Å². The van der Waals surface area contributed by atoms with E-state index in [1.807, 2.05) is 0 Å². The van der Waals surface area contributed by atoms with Gasteiger partial charge in [-0.25, -0.2) is 8.78 Å². The van der Waals surface area contributed by atoms with E-state index in [4.69, 9.17) is 0 Å². The molecule has 1 aromatic heterocycles. The molecule has 82 valence electrons. The van der Waals surface area contributed by atoms with Crippen LogP contribution in [0.3, 0.4) is 0 Å². The summed E-state index contributed by atoms with van der Waals surface area (Å²) in [5.74, 6) is -2.03. The molecule has 0 aliphatic carbocycles. The third kappa shape index (κ3) is 1.79. The second kappa shape index (κ2) is 3.76. The molecule has 2 rings (SSSR count). The zero-order valence-corrected chi connectivity index (χ0v) is 8.19. The average Bonchev–Trinajstić information content (AvgIpc) is 2.66. The molecule has 0 radical (unpaired) electrons. The lowest BCUT2D eigenvalue weighted by molar-refractivity contribution is 0.100. The molecule has 0 unspecified atom stereocenters. The number of carbonyl (C=O) groups excluding carboxylic acids is 1. The molecule has 0 fully saturated rings. The van der Waals surface area contributed by atoms with Crippen molar-refractivity contribution >= 4 is 5.78 Å². The minimum Gasteiger partial charge on any atom is -0.291 e. The summed E-state index contributed by atoms with van der Waals surface area (Å²) < 4.78 is 25.9. The molecule has 0 saturated heterocycles. The number of aromatic nitrogens is 4. The summed E-state index contributed by atoms with van der Waals surface area (Å²) in [6.45, 7) is 1.27. The molecule has 0 aliphatic heterocycles. The van der Waals surface area contributed by atoms with Crippen molar-refractivity contribution in [1.82, 2.24) is 20.2 Å². The molecular formula is C9H6F2N4O. The van der Waals surface area contributed by atoms with Crippen LogP contribution in [0.5, 0.6) is 0 Å². The molecule has 0 spiro atoms. The zero-order chi connectivity index (χ0) is 11.7. The van der Waals surface area contributed by atoms with E-state index in [-0.39, 0.29) is 17.3 Å². The number of Topliss-reactive ketones (excluding diaryl/α,β-unsaturated/α-hetero) is 1. The summed E-state index contributed by atoms with van der Waals surface area (Å²) in [6.07, 6.45) is 0. The number of hydrogen-bond donors (Lipinski definition) is 0. The predicted octanol–water partition coefficient (Wildman–Crippen LogP) is 1.14. The van der Waals surface area contributed by atoms with Crippen molar-refractivity contribution in [3.05, 3.63) is 35.7 Å². The van der Waals surface area contributed by atoms with Crippen molar-refractivity contribution in [1.29, 1.82) is 0 Å². The molecule has 1 aromatic carbocycles. The van der Waals surface area contributed by atoms with Crippen LogP contribution in [0.4, 0.5) is 8.78 Å². The average molecular weight is 224 g/mol. The van der Waals surface area contributed by atoms with Crippen molar-refractivity contribution in [3.8, 4) is 5.69 Å². The van der Waals surface area contributed by atoms with Gasteiger partial charge in [-0.05, 0) is 17.3 Å². The molecule has 5 nitrogen and oxygen atoms in total. The number of benzene rings is 1.